The van der Waals surface area contributed by atoms with Crippen molar-refractivity contribution in [1.82, 2.24) is 0 Å². The van der Waals surface area contributed by atoms with Crippen LogP contribution in [0.25, 0.3) is 0 Å². The van der Waals surface area contributed by atoms with Gasteiger partial charge < -0.3 is 10.5 Å². The maximum Gasteiger partial charge on any atom is 0.132 e. The Morgan fingerprint density at radius 3 is 2.58 bits per heavy atom. The SMILES string of the molecule is COc1ccccc1Sc1ccc(C(C)N)c(Cl)c1. The van der Waals surface area contributed by atoms with Crippen molar-refractivity contribution in [3.63, 3.8) is 0 Å². The molecular weight excluding hydrogens is 278 g/mol. The summed E-state index contributed by atoms with van der Waals surface area (Å²) in [6.07, 6.45) is 0. The van der Waals surface area contributed by atoms with Crippen LogP contribution < -0.4 is 10.5 Å². The highest BCUT2D eigenvalue weighted by atomic mass is 35.5. The molecule has 0 aromatic heterocycles. The first-order valence-corrected chi connectivity index (χ1v) is 7.17. The van der Waals surface area contributed by atoms with E-state index in [1.165, 1.54) is 0 Å². The largest absolute Gasteiger partial charge is 0.496 e. The molecule has 0 saturated heterocycles. The van der Waals surface area contributed by atoms with Gasteiger partial charge in [-0.3, -0.25) is 0 Å². The Morgan fingerprint density at radius 1 is 1.21 bits per heavy atom. The quantitative estimate of drug-likeness (QED) is 0.900. The minimum atomic E-state index is -0.0576. The highest BCUT2D eigenvalue weighted by Crippen LogP contribution is 2.36. The van der Waals surface area contributed by atoms with Gasteiger partial charge in [0.05, 0.1) is 12.0 Å². The normalized spacial score (nSPS) is 12.2. The first kappa shape index (κ1) is 14.3. The topological polar surface area (TPSA) is 35.2 Å². The fourth-order valence-corrected chi connectivity index (χ4v) is 3.15. The van der Waals surface area contributed by atoms with E-state index in [-0.39, 0.29) is 6.04 Å². The van der Waals surface area contributed by atoms with Gasteiger partial charge in [-0.1, -0.05) is 41.6 Å². The van der Waals surface area contributed by atoms with Crippen molar-refractivity contribution in [2.75, 3.05) is 7.11 Å². The molecule has 0 aliphatic carbocycles. The Balaban J connectivity index is 2.26. The number of rotatable bonds is 4. The molecular formula is C15H16ClNOS. The van der Waals surface area contributed by atoms with E-state index in [2.05, 4.69) is 0 Å². The van der Waals surface area contributed by atoms with Crippen LogP contribution in [0.15, 0.2) is 52.3 Å². The molecule has 0 spiro atoms. The number of halogens is 1. The van der Waals surface area contributed by atoms with Crippen molar-refractivity contribution < 1.29 is 4.74 Å². The molecule has 2 aromatic rings. The number of methoxy groups -OCH3 is 1. The van der Waals surface area contributed by atoms with Crippen molar-refractivity contribution in [1.29, 1.82) is 0 Å². The van der Waals surface area contributed by atoms with Gasteiger partial charge in [0.15, 0.2) is 0 Å². The summed E-state index contributed by atoms with van der Waals surface area (Å²) >= 11 is 7.86. The number of para-hydroxylation sites is 1. The summed E-state index contributed by atoms with van der Waals surface area (Å²) < 4.78 is 5.34. The molecule has 0 bridgehead atoms. The molecule has 0 amide bonds. The average molecular weight is 294 g/mol. The maximum absolute atomic E-state index is 6.24. The van der Waals surface area contributed by atoms with Gasteiger partial charge in [-0.05, 0) is 36.8 Å². The molecule has 100 valence electrons. The van der Waals surface area contributed by atoms with Gasteiger partial charge >= 0.3 is 0 Å². The molecule has 2 N–H and O–H groups in total. The van der Waals surface area contributed by atoms with Gasteiger partial charge in [-0.15, -0.1) is 0 Å². The lowest BCUT2D eigenvalue weighted by molar-refractivity contribution is 0.405. The number of nitrogens with two attached hydrogens (primary N) is 1. The summed E-state index contributed by atoms with van der Waals surface area (Å²) in [5.74, 6) is 0.861. The summed E-state index contributed by atoms with van der Waals surface area (Å²) in [6, 6.07) is 13.8. The molecule has 4 heteroatoms. The Morgan fingerprint density at radius 2 is 1.95 bits per heavy atom. The number of ether oxygens (including phenoxy) is 1. The van der Waals surface area contributed by atoms with Gasteiger partial charge in [-0.2, -0.15) is 0 Å². The maximum atomic E-state index is 6.24. The van der Waals surface area contributed by atoms with Gasteiger partial charge in [-0.25, -0.2) is 0 Å². The standard InChI is InChI=1S/C15H16ClNOS/c1-10(17)12-8-7-11(9-13(12)16)19-15-6-4-3-5-14(15)18-2/h3-10H,17H2,1-2H3. The minimum Gasteiger partial charge on any atom is -0.496 e. The molecule has 0 aliphatic rings. The second-order valence-electron chi connectivity index (χ2n) is 4.22. The van der Waals surface area contributed by atoms with Gasteiger partial charge in [0.1, 0.15) is 5.75 Å². The van der Waals surface area contributed by atoms with E-state index in [4.69, 9.17) is 22.1 Å². The third-order valence-electron chi connectivity index (χ3n) is 2.76. The van der Waals surface area contributed by atoms with Crippen LogP contribution in [0, 0.1) is 0 Å². The molecule has 2 aromatic carbocycles. The van der Waals surface area contributed by atoms with Crippen molar-refractivity contribution in [3.8, 4) is 5.75 Å². The highest BCUT2D eigenvalue weighted by molar-refractivity contribution is 7.99. The Hall–Kier alpha value is -1.16. The van der Waals surface area contributed by atoms with Crippen molar-refractivity contribution in [2.45, 2.75) is 22.8 Å². The lowest BCUT2D eigenvalue weighted by Crippen LogP contribution is -2.05. The smallest absolute Gasteiger partial charge is 0.132 e. The molecule has 1 atom stereocenters. The Kier molecular flexibility index (Phi) is 4.75. The highest BCUT2D eigenvalue weighted by Gasteiger charge is 2.08. The second kappa shape index (κ2) is 6.33. The van der Waals surface area contributed by atoms with Crippen LogP contribution in [0.1, 0.15) is 18.5 Å². The van der Waals surface area contributed by atoms with E-state index in [1.54, 1.807) is 18.9 Å². The minimum absolute atomic E-state index is 0.0576. The summed E-state index contributed by atoms with van der Waals surface area (Å²) in [5.41, 5.74) is 6.82. The van der Waals surface area contributed by atoms with Crippen LogP contribution in [0.3, 0.4) is 0 Å². The van der Waals surface area contributed by atoms with E-state index >= 15 is 0 Å². The van der Waals surface area contributed by atoms with Crippen LogP contribution >= 0.6 is 23.4 Å². The zero-order valence-electron chi connectivity index (χ0n) is 10.9. The molecule has 0 aliphatic heterocycles. The van der Waals surface area contributed by atoms with Crippen LogP contribution in [0.4, 0.5) is 0 Å². The summed E-state index contributed by atoms with van der Waals surface area (Å²) in [4.78, 5) is 2.13. The molecule has 0 fully saturated rings. The van der Waals surface area contributed by atoms with Crippen LogP contribution in [-0.2, 0) is 0 Å². The van der Waals surface area contributed by atoms with E-state index in [9.17, 15) is 0 Å². The fourth-order valence-electron chi connectivity index (χ4n) is 1.77. The van der Waals surface area contributed by atoms with Crippen molar-refractivity contribution in [2.24, 2.45) is 5.73 Å². The summed E-state index contributed by atoms with van der Waals surface area (Å²) in [6.45, 7) is 1.92. The third kappa shape index (κ3) is 3.44. The van der Waals surface area contributed by atoms with Gasteiger partial charge in [0.2, 0.25) is 0 Å². The van der Waals surface area contributed by atoms with Crippen LogP contribution in [-0.4, -0.2) is 7.11 Å². The fraction of sp³-hybridized carbons (Fsp3) is 0.200. The molecule has 0 heterocycles. The van der Waals surface area contributed by atoms with Crippen molar-refractivity contribution in [3.05, 3.63) is 53.1 Å². The van der Waals surface area contributed by atoms with E-state index in [1.807, 2.05) is 49.4 Å². The molecule has 1 unspecified atom stereocenters. The third-order valence-corrected chi connectivity index (χ3v) is 4.13. The first-order chi connectivity index (χ1) is 9.11. The zero-order chi connectivity index (χ0) is 13.8. The lowest BCUT2D eigenvalue weighted by Gasteiger charge is -2.11. The lowest BCUT2D eigenvalue weighted by atomic mass is 10.1. The van der Waals surface area contributed by atoms with E-state index < -0.39 is 0 Å². The van der Waals surface area contributed by atoms with Crippen molar-refractivity contribution >= 4 is 23.4 Å². The number of hydrogen-bond acceptors (Lipinski definition) is 3. The number of benzene rings is 2. The second-order valence-corrected chi connectivity index (χ2v) is 5.75. The summed E-state index contributed by atoms with van der Waals surface area (Å²) in [5, 5.41) is 0.704. The monoisotopic (exact) mass is 293 g/mol. The average Bonchev–Trinajstić information content (AvgIpc) is 2.39. The zero-order valence-corrected chi connectivity index (χ0v) is 12.5. The van der Waals surface area contributed by atoms with Gasteiger partial charge in [0, 0.05) is 16.0 Å². The summed E-state index contributed by atoms with van der Waals surface area (Å²) in [7, 11) is 1.67. The van der Waals surface area contributed by atoms with E-state index in [0.29, 0.717) is 5.02 Å². The molecule has 19 heavy (non-hydrogen) atoms. The van der Waals surface area contributed by atoms with Gasteiger partial charge in [0.25, 0.3) is 0 Å². The molecule has 2 rings (SSSR count). The Bertz CT molecular complexity index is 572. The molecule has 2 nitrogen and oxygen atoms in total. The Labute approximate surface area is 122 Å². The molecule has 0 radical (unpaired) electrons. The predicted octanol–water partition coefficient (Wildman–Crippen LogP) is 4.52. The first-order valence-electron chi connectivity index (χ1n) is 5.97. The number of hydrogen-bond donors (Lipinski definition) is 1. The van der Waals surface area contributed by atoms with E-state index in [0.717, 1.165) is 21.1 Å². The molecule has 0 saturated carbocycles. The van der Waals surface area contributed by atoms with Crippen LogP contribution in [0.5, 0.6) is 5.75 Å². The predicted molar refractivity (Wildman–Crippen MR) is 81.2 cm³/mol. The van der Waals surface area contributed by atoms with Crippen LogP contribution in [0.2, 0.25) is 5.02 Å².